The van der Waals surface area contributed by atoms with Crippen LogP contribution in [0, 0.1) is 0 Å². The van der Waals surface area contributed by atoms with Crippen molar-refractivity contribution in [2.75, 3.05) is 6.79 Å². The van der Waals surface area contributed by atoms with Crippen LogP contribution in [0.4, 0.5) is 0 Å². The number of oxazole rings is 1. The highest BCUT2D eigenvalue weighted by Crippen LogP contribution is 2.32. The van der Waals surface area contributed by atoms with E-state index in [0.29, 0.717) is 22.6 Å². The molecule has 3 aromatic rings. The third kappa shape index (κ3) is 4.37. The van der Waals surface area contributed by atoms with Crippen molar-refractivity contribution in [3.05, 3.63) is 60.0 Å². The van der Waals surface area contributed by atoms with E-state index >= 15 is 0 Å². The Morgan fingerprint density at radius 1 is 1.21 bits per heavy atom. The molecule has 1 N–H and O–H groups in total. The van der Waals surface area contributed by atoms with Crippen molar-refractivity contribution in [2.24, 2.45) is 0 Å². The van der Waals surface area contributed by atoms with Crippen LogP contribution in [0.5, 0.6) is 11.5 Å². The first-order valence-corrected chi connectivity index (χ1v) is 8.99. The molecule has 148 valence electrons. The van der Waals surface area contributed by atoms with E-state index in [2.05, 4.69) is 10.3 Å². The number of carbonyl (C=O) groups is 2. The second kappa shape index (κ2) is 8.05. The van der Waals surface area contributed by atoms with E-state index in [0.717, 1.165) is 5.56 Å². The predicted octanol–water partition coefficient (Wildman–Crippen LogP) is 2.82. The Labute approximate surface area is 166 Å². The number of esters is 1. The monoisotopic (exact) mass is 394 g/mol. The van der Waals surface area contributed by atoms with Gasteiger partial charge in [0.05, 0.1) is 0 Å². The fraction of sp³-hybridized carbons (Fsp3) is 0.190. The van der Waals surface area contributed by atoms with Gasteiger partial charge in [0.25, 0.3) is 5.91 Å². The van der Waals surface area contributed by atoms with E-state index in [-0.39, 0.29) is 19.2 Å². The Morgan fingerprint density at radius 2 is 2.03 bits per heavy atom. The first-order valence-electron chi connectivity index (χ1n) is 8.99. The van der Waals surface area contributed by atoms with E-state index in [1.165, 1.54) is 19.1 Å². The molecule has 0 saturated heterocycles. The molecule has 1 aliphatic rings. The maximum absolute atomic E-state index is 12.2. The Balaban J connectivity index is 1.28. The van der Waals surface area contributed by atoms with Crippen LogP contribution >= 0.6 is 0 Å². The molecule has 1 amide bonds. The Hall–Kier alpha value is -3.81. The van der Waals surface area contributed by atoms with E-state index in [9.17, 15) is 9.59 Å². The molecule has 4 rings (SSSR count). The lowest BCUT2D eigenvalue weighted by molar-refractivity contribution is -0.150. The number of aromatic nitrogens is 1. The van der Waals surface area contributed by atoms with Gasteiger partial charge in [0.2, 0.25) is 12.7 Å². The summed E-state index contributed by atoms with van der Waals surface area (Å²) < 4.78 is 21.2. The van der Waals surface area contributed by atoms with Crippen LogP contribution in [0.2, 0.25) is 0 Å². The van der Waals surface area contributed by atoms with Gasteiger partial charge < -0.3 is 23.9 Å². The average Bonchev–Trinajstić information content (AvgIpc) is 3.36. The van der Waals surface area contributed by atoms with E-state index in [4.69, 9.17) is 18.6 Å². The summed E-state index contributed by atoms with van der Waals surface area (Å²) >= 11 is 0. The molecular weight excluding hydrogens is 376 g/mol. The maximum atomic E-state index is 12.2. The normalized spacial score (nSPS) is 13.6. The maximum Gasteiger partial charge on any atom is 0.331 e. The Morgan fingerprint density at radius 3 is 2.90 bits per heavy atom. The molecule has 0 radical (unpaired) electrons. The lowest BCUT2D eigenvalue weighted by Crippen LogP contribution is -2.35. The highest BCUT2D eigenvalue weighted by molar-refractivity contribution is 5.90. The molecule has 2 aromatic carbocycles. The summed E-state index contributed by atoms with van der Waals surface area (Å²) in [6, 6.07) is 12.7. The number of hydrogen-bond acceptors (Lipinski definition) is 7. The standard InChI is InChI=1S/C21H18N2O6/c1-13(21(25)22-11-14-6-7-17-18(10-14)27-12-26-17)28-20(24)9-8-19-23-15-4-2-3-5-16(15)29-19/h2-10,13H,11-12H2,1H3,(H,22,25)/b9-8+/t13-/m0/s1. The fourth-order valence-corrected chi connectivity index (χ4v) is 2.75. The quantitative estimate of drug-likeness (QED) is 0.507. The van der Waals surface area contributed by atoms with Gasteiger partial charge in [-0.05, 0) is 36.8 Å². The molecule has 0 fully saturated rings. The number of carbonyl (C=O) groups excluding carboxylic acids is 2. The summed E-state index contributed by atoms with van der Waals surface area (Å²) in [4.78, 5) is 28.4. The number of nitrogens with zero attached hydrogens (tertiary/aromatic N) is 1. The summed E-state index contributed by atoms with van der Waals surface area (Å²) in [6.45, 7) is 1.96. The van der Waals surface area contributed by atoms with Crippen LogP contribution in [-0.4, -0.2) is 29.8 Å². The van der Waals surface area contributed by atoms with Gasteiger partial charge in [-0.3, -0.25) is 4.79 Å². The molecule has 2 heterocycles. The number of rotatable bonds is 6. The zero-order valence-corrected chi connectivity index (χ0v) is 15.6. The molecule has 0 spiro atoms. The largest absolute Gasteiger partial charge is 0.454 e. The minimum absolute atomic E-state index is 0.190. The van der Waals surface area contributed by atoms with Crippen LogP contribution in [0.15, 0.2) is 53.0 Å². The van der Waals surface area contributed by atoms with Gasteiger partial charge in [0.1, 0.15) is 5.52 Å². The molecular formula is C21H18N2O6. The number of ether oxygens (including phenoxy) is 3. The first-order chi connectivity index (χ1) is 14.1. The summed E-state index contributed by atoms with van der Waals surface area (Å²) in [5, 5.41) is 2.72. The molecule has 0 aliphatic carbocycles. The number of benzene rings is 2. The zero-order valence-electron chi connectivity index (χ0n) is 15.6. The molecule has 1 aliphatic heterocycles. The predicted molar refractivity (Wildman–Crippen MR) is 103 cm³/mol. The summed E-state index contributed by atoms with van der Waals surface area (Å²) in [5.41, 5.74) is 2.16. The summed E-state index contributed by atoms with van der Waals surface area (Å²) in [7, 11) is 0. The lowest BCUT2D eigenvalue weighted by atomic mass is 10.2. The number of hydrogen-bond donors (Lipinski definition) is 1. The second-order valence-corrected chi connectivity index (χ2v) is 6.34. The lowest BCUT2D eigenvalue weighted by Gasteiger charge is -2.12. The summed E-state index contributed by atoms with van der Waals surface area (Å²) in [5.74, 6) is 0.515. The van der Waals surface area contributed by atoms with E-state index in [1.54, 1.807) is 24.3 Å². The fourth-order valence-electron chi connectivity index (χ4n) is 2.75. The van der Waals surface area contributed by atoms with Crippen molar-refractivity contribution in [1.29, 1.82) is 0 Å². The van der Waals surface area contributed by atoms with Gasteiger partial charge in [-0.15, -0.1) is 0 Å². The smallest absolute Gasteiger partial charge is 0.331 e. The Bertz CT molecular complexity index is 1050. The number of fused-ring (bicyclic) bond motifs is 2. The van der Waals surface area contributed by atoms with Gasteiger partial charge in [-0.2, -0.15) is 0 Å². The molecule has 8 heteroatoms. The van der Waals surface area contributed by atoms with Crippen molar-refractivity contribution < 1.29 is 28.2 Å². The number of amides is 1. The van der Waals surface area contributed by atoms with Gasteiger partial charge in [0, 0.05) is 18.7 Å². The molecule has 0 saturated carbocycles. The third-order valence-corrected chi connectivity index (χ3v) is 4.24. The van der Waals surface area contributed by atoms with Crippen molar-refractivity contribution in [1.82, 2.24) is 10.3 Å². The van der Waals surface area contributed by atoms with Crippen LogP contribution in [0.1, 0.15) is 18.4 Å². The van der Waals surface area contributed by atoms with Gasteiger partial charge in [-0.25, -0.2) is 9.78 Å². The van der Waals surface area contributed by atoms with Crippen LogP contribution in [-0.2, 0) is 20.9 Å². The summed E-state index contributed by atoms with van der Waals surface area (Å²) in [6.07, 6.45) is 1.62. The first kappa shape index (κ1) is 18.5. The number of nitrogens with one attached hydrogen (secondary N) is 1. The van der Waals surface area contributed by atoms with Crippen molar-refractivity contribution in [3.63, 3.8) is 0 Å². The van der Waals surface area contributed by atoms with Gasteiger partial charge in [-0.1, -0.05) is 18.2 Å². The van der Waals surface area contributed by atoms with E-state index in [1.807, 2.05) is 18.2 Å². The van der Waals surface area contributed by atoms with Crippen LogP contribution in [0.3, 0.4) is 0 Å². The topological polar surface area (TPSA) is 99.9 Å². The van der Waals surface area contributed by atoms with Crippen molar-refractivity contribution in [2.45, 2.75) is 19.6 Å². The molecule has 1 aromatic heterocycles. The zero-order chi connectivity index (χ0) is 20.2. The molecule has 0 bridgehead atoms. The van der Waals surface area contributed by atoms with Gasteiger partial charge >= 0.3 is 5.97 Å². The van der Waals surface area contributed by atoms with E-state index < -0.39 is 18.0 Å². The third-order valence-electron chi connectivity index (χ3n) is 4.24. The number of para-hydroxylation sites is 2. The minimum Gasteiger partial charge on any atom is -0.454 e. The second-order valence-electron chi connectivity index (χ2n) is 6.34. The highest BCUT2D eigenvalue weighted by Gasteiger charge is 2.17. The van der Waals surface area contributed by atoms with Crippen LogP contribution < -0.4 is 14.8 Å². The minimum atomic E-state index is -0.954. The van der Waals surface area contributed by atoms with Gasteiger partial charge in [0.15, 0.2) is 23.2 Å². The average molecular weight is 394 g/mol. The SMILES string of the molecule is C[C@H](OC(=O)/C=C/c1nc2ccccc2o1)C(=O)NCc1ccc2c(c1)OCO2. The molecule has 1 atom stereocenters. The molecule has 0 unspecified atom stereocenters. The molecule has 8 nitrogen and oxygen atoms in total. The molecule has 29 heavy (non-hydrogen) atoms. The Kier molecular flexibility index (Phi) is 5.15. The van der Waals surface area contributed by atoms with Crippen LogP contribution in [0.25, 0.3) is 17.2 Å². The van der Waals surface area contributed by atoms with Crippen molar-refractivity contribution >= 4 is 29.1 Å². The highest BCUT2D eigenvalue weighted by atomic mass is 16.7. The van der Waals surface area contributed by atoms with Crippen molar-refractivity contribution in [3.8, 4) is 11.5 Å².